The van der Waals surface area contributed by atoms with Gasteiger partial charge in [-0.15, -0.1) is 0 Å². The second-order valence-corrected chi connectivity index (χ2v) is 6.87. The number of fused-ring (bicyclic) bond motifs is 1. The molecule has 7 nitrogen and oxygen atoms in total. The van der Waals surface area contributed by atoms with Crippen LogP contribution in [0.25, 0.3) is 0 Å². The maximum atomic E-state index is 12.4. The van der Waals surface area contributed by atoms with E-state index in [9.17, 15) is 14.9 Å². The highest BCUT2D eigenvalue weighted by Crippen LogP contribution is 2.22. The van der Waals surface area contributed by atoms with Crippen LogP contribution in [0.4, 0.5) is 5.69 Å². The van der Waals surface area contributed by atoms with Crippen LogP contribution in [0.15, 0.2) is 23.0 Å². The molecule has 0 saturated heterocycles. The number of aromatic amines is 1. The summed E-state index contributed by atoms with van der Waals surface area (Å²) < 4.78 is 0. The Balaban J connectivity index is 1.81. The molecule has 1 aromatic heterocycles. The first-order chi connectivity index (χ1) is 11.8. The first-order valence-electron chi connectivity index (χ1n) is 8.43. The molecule has 0 fully saturated rings. The molecule has 2 heterocycles. The number of H-pyrrole nitrogens is 1. The summed E-state index contributed by atoms with van der Waals surface area (Å²) in [7, 11) is 0. The molecule has 0 aliphatic carbocycles. The lowest BCUT2D eigenvalue weighted by molar-refractivity contribution is -0.385. The van der Waals surface area contributed by atoms with Gasteiger partial charge < -0.3 is 4.98 Å². The van der Waals surface area contributed by atoms with E-state index in [1.165, 1.54) is 0 Å². The fourth-order valence-electron chi connectivity index (χ4n) is 3.12. The van der Waals surface area contributed by atoms with E-state index in [4.69, 9.17) is 0 Å². The third kappa shape index (κ3) is 3.61. The van der Waals surface area contributed by atoms with Crippen molar-refractivity contribution in [2.45, 2.75) is 46.2 Å². The van der Waals surface area contributed by atoms with Gasteiger partial charge in [0, 0.05) is 43.6 Å². The first-order valence-corrected chi connectivity index (χ1v) is 8.43. The molecule has 0 atom stereocenters. The average Bonchev–Trinajstić information content (AvgIpc) is 2.56. The molecule has 132 valence electrons. The number of benzene rings is 1. The molecule has 0 unspecified atom stereocenters. The number of aryl methyl sites for hydroxylation is 1. The average molecular weight is 342 g/mol. The van der Waals surface area contributed by atoms with Crippen molar-refractivity contribution < 1.29 is 4.92 Å². The lowest BCUT2D eigenvalue weighted by Gasteiger charge is -2.28. The van der Waals surface area contributed by atoms with Gasteiger partial charge in [0.1, 0.15) is 5.82 Å². The summed E-state index contributed by atoms with van der Waals surface area (Å²) >= 11 is 0. The predicted octanol–water partition coefficient (Wildman–Crippen LogP) is 2.67. The van der Waals surface area contributed by atoms with Crippen molar-refractivity contribution in [2.75, 3.05) is 6.54 Å². The molecule has 3 rings (SSSR count). The number of aromatic nitrogens is 2. The standard InChI is InChI=1S/C18H22N4O3/c1-11(2)17-19-15-6-7-21(10-14(15)18(23)20-17)9-13-5-4-12(3)16(8-13)22(24)25/h4-5,8,11H,6-7,9-10H2,1-3H3,(H,19,20,23). The van der Waals surface area contributed by atoms with Crippen molar-refractivity contribution >= 4 is 5.69 Å². The van der Waals surface area contributed by atoms with Crippen LogP contribution in [-0.2, 0) is 19.5 Å². The van der Waals surface area contributed by atoms with Crippen LogP contribution in [0.5, 0.6) is 0 Å². The second-order valence-electron chi connectivity index (χ2n) is 6.87. The van der Waals surface area contributed by atoms with Crippen molar-refractivity contribution in [2.24, 2.45) is 0 Å². The van der Waals surface area contributed by atoms with Gasteiger partial charge in [-0.2, -0.15) is 0 Å². The summed E-state index contributed by atoms with van der Waals surface area (Å²) in [5.74, 6) is 0.912. The lowest BCUT2D eigenvalue weighted by Crippen LogP contribution is -2.36. The van der Waals surface area contributed by atoms with Gasteiger partial charge >= 0.3 is 0 Å². The summed E-state index contributed by atoms with van der Waals surface area (Å²) in [5, 5.41) is 11.1. The van der Waals surface area contributed by atoms with Crippen LogP contribution in [0, 0.1) is 17.0 Å². The Morgan fingerprint density at radius 2 is 2.16 bits per heavy atom. The van der Waals surface area contributed by atoms with E-state index in [-0.39, 0.29) is 22.1 Å². The predicted molar refractivity (Wildman–Crippen MR) is 94.6 cm³/mol. The Morgan fingerprint density at radius 3 is 2.84 bits per heavy atom. The van der Waals surface area contributed by atoms with Gasteiger partial charge in [0.15, 0.2) is 0 Å². The highest BCUT2D eigenvalue weighted by Gasteiger charge is 2.22. The maximum Gasteiger partial charge on any atom is 0.272 e. The Kier molecular flexibility index (Phi) is 4.67. The Hall–Kier alpha value is -2.54. The van der Waals surface area contributed by atoms with Crippen LogP contribution in [-0.4, -0.2) is 26.3 Å². The number of hydrogen-bond donors (Lipinski definition) is 1. The van der Waals surface area contributed by atoms with Gasteiger partial charge in [0.25, 0.3) is 11.2 Å². The van der Waals surface area contributed by atoms with Crippen molar-refractivity contribution in [1.82, 2.24) is 14.9 Å². The van der Waals surface area contributed by atoms with Crippen molar-refractivity contribution in [1.29, 1.82) is 0 Å². The quantitative estimate of drug-likeness (QED) is 0.681. The van der Waals surface area contributed by atoms with E-state index >= 15 is 0 Å². The van der Waals surface area contributed by atoms with Crippen LogP contribution in [0.1, 0.15) is 48.0 Å². The zero-order valence-electron chi connectivity index (χ0n) is 14.7. The monoisotopic (exact) mass is 342 g/mol. The minimum Gasteiger partial charge on any atom is -0.310 e. The smallest absolute Gasteiger partial charge is 0.272 e. The fraction of sp³-hybridized carbons (Fsp3) is 0.444. The zero-order chi connectivity index (χ0) is 18.1. The third-order valence-corrected chi connectivity index (χ3v) is 4.59. The topological polar surface area (TPSA) is 92.1 Å². The number of rotatable bonds is 4. The van der Waals surface area contributed by atoms with Gasteiger partial charge in [0.05, 0.1) is 16.2 Å². The Bertz CT molecular complexity index is 873. The highest BCUT2D eigenvalue weighted by molar-refractivity contribution is 5.42. The number of nitrogens with one attached hydrogen (secondary N) is 1. The van der Waals surface area contributed by atoms with Crippen LogP contribution >= 0.6 is 0 Å². The normalized spacial score (nSPS) is 14.6. The molecule has 0 spiro atoms. The molecule has 0 radical (unpaired) electrons. The Morgan fingerprint density at radius 1 is 1.40 bits per heavy atom. The second kappa shape index (κ2) is 6.76. The molecule has 1 N–H and O–H groups in total. The Labute approximate surface area is 145 Å². The largest absolute Gasteiger partial charge is 0.310 e. The lowest BCUT2D eigenvalue weighted by atomic mass is 10.0. The summed E-state index contributed by atoms with van der Waals surface area (Å²) in [6.45, 7) is 7.61. The minimum absolute atomic E-state index is 0.0757. The molecular weight excluding hydrogens is 320 g/mol. The molecular formula is C18H22N4O3. The van der Waals surface area contributed by atoms with E-state index in [0.717, 1.165) is 23.6 Å². The van der Waals surface area contributed by atoms with E-state index in [1.54, 1.807) is 19.1 Å². The molecule has 1 aliphatic rings. The number of hydrogen-bond acceptors (Lipinski definition) is 5. The van der Waals surface area contributed by atoms with Crippen LogP contribution in [0.3, 0.4) is 0 Å². The van der Waals surface area contributed by atoms with Gasteiger partial charge in [-0.05, 0) is 12.5 Å². The van der Waals surface area contributed by atoms with Gasteiger partial charge in [0.2, 0.25) is 0 Å². The number of nitrogens with zero attached hydrogens (tertiary/aromatic N) is 3. The summed E-state index contributed by atoms with van der Waals surface area (Å²) in [4.78, 5) is 32.7. The SMILES string of the molecule is Cc1ccc(CN2CCc3nc(C(C)C)[nH]c(=O)c3C2)cc1[N+](=O)[O-]. The molecule has 1 aromatic carbocycles. The van der Waals surface area contributed by atoms with E-state index in [1.807, 2.05) is 19.9 Å². The highest BCUT2D eigenvalue weighted by atomic mass is 16.6. The fourth-order valence-corrected chi connectivity index (χ4v) is 3.12. The zero-order valence-corrected chi connectivity index (χ0v) is 14.7. The molecule has 2 aromatic rings. The van der Waals surface area contributed by atoms with Crippen molar-refractivity contribution in [3.8, 4) is 0 Å². The maximum absolute atomic E-state index is 12.4. The molecule has 0 bridgehead atoms. The van der Waals surface area contributed by atoms with Gasteiger partial charge in [-0.3, -0.25) is 19.8 Å². The van der Waals surface area contributed by atoms with Gasteiger partial charge in [-0.1, -0.05) is 26.0 Å². The van der Waals surface area contributed by atoms with Crippen molar-refractivity contribution in [3.05, 3.63) is 66.9 Å². The molecule has 25 heavy (non-hydrogen) atoms. The number of nitro benzene ring substituents is 1. The summed E-state index contributed by atoms with van der Waals surface area (Å²) in [6.07, 6.45) is 0.715. The third-order valence-electron chi connectivity index (χ3n) is 4.59. The molecule has 0 amide bonds. The number of nitro groups is 1. The van der Waals surface area contributed by atoms with E-state index in [2.05, 4.69) is 14.9 Å². The molecule has 7 heteroatoms. The van der Waals surface area contributed by atoms with Crippen molar-refractivity contribution in [3.63, 3.8) is 0 Å². The molecule has 0 saturated carbocycles. The summed E-state index contributed by atoms with van der Waals surface area (Å²) in [6, 6.07) is 5.30. The first kappa shape index (κ1) is 17.3. The summed E-state index contributed by atoms with van der Waals surface area (Å²) in [5.41, 5.74) is 3.17. The van der Waals surface area contributed by atoms with Crippen LogP contribution < -0.4 is 5.56 Å². The van der Waals surface area contributed by atoms with E-state index < -0.39 is 0 Å². The van der Waals surface area contributed by atoms with Crippen LogP contribution in [0.2, 0.25) is 0 Å². The van der Waals surface area contributed by atoms with E-state index in [0.29, 0.717) is 30.6 Å². The molecule has 1 aliphatic heterocycles. The minimum atomic E-state index is -0.355. The van der Waals surface area contributed by atoms with Gasteiger partial charge in [-0.25, -0.2) is 4.98 Å².